The highest BCUT2D eigenvalue weighted by atomic mass is 19.1. The van der Waals surface area contributed by atoms with Crippen LogP contribution in [0.1, 0.15) is 60.1 Å². The van der Waals surface area contributed by atoms with Crippen molar-refractivity contribution in [3.8, 4) is 11.3 Å². The second kappa shape index (κ2) is 7.05. The van der Waals surface area contributed by atoms with Crippen LogP contribution in [0.2, 0.25) is 0 Å². The van der Waals surface area contributed by atoms with E-state index in [2.05, 4.69) is 20.7 Å². The molecule has 1 fully saturated rings. The second-order valence-corrected chi connectivity index (χ2v) is 8.40. The molecule has 30 heavy (non-hydrogen) atoms. The van der Waals surface area contributed by atoms with Crippen LogP contribution in [-0.2, 0) is 0 Å². The minimum atomic E-state index is -0.481. The number of aromatic nitrogens is 3. The van der Waals surface area contributed by atoms with Crippen molar-refractivity contribution in [2.24, 2.45) is 5.73 Å². The number of nitrogens with zero attached hydrogens (tertiary/aromatic N) is 3. The molecule has 0 spiro atoms. The number of amides is 1. The molecule has 2 aliphatic rings. The fourth-order valence-electron chi connectivity index (χ4n) is 4.63. The van der Waals surface area contributed by atoms with E-state index >= 15 is 4.39 Å². The lowest BCUT2D eigenvalue weighted by Crippen LogP contribution is -2.43. The van der Waals surface area contributed by atoms with E-state index in [-0.39, 0.29) is 29.4 Å². The van der Waals surface area contributed by atoms with Crippen molar-refractivity contribution in [3.05, 3.63) is 47.0 Å². The van der Waals surface area contributed by atoms with Crippen molar-refractivity contribution in [1.29, 1.82) is 0 Å². The highest BCUT2D eigenvalue weighted by molar-refractivity contribution is 6.06. The third-order valence-electron chi connectivity index (χ3n) is 6.26. The normalized spacial score (nSPS) is 23.5. The van der Waals surface area contributed by atoms with Crippen LogP contribution in [0.15, 0.2) is 24.5 Å². The van der Waals surface area contributed by atoms with Crippen LogP contribution in [-0.4, -0.2) is 32.6 Å². The van der Waals surface area contributed by atoms with Crippen LogP contribution in [0.4, 0.5) is 10.2 Å². The summed E-state index contributed by atoms with van der Waals surface area (Å²) in [5, 5.41) is 10.5. The monoisotopic (exact) mass is 408 g/mol. The number of nitrogens with two attached hydrogens (primary N) is 1. The van der Waals surface area contributed by atoms with Crippen molar-refractivity contribution in [3.63, 3.8) is 0 Å². The molecule has 1 saturated carbocycles. The van der Waals surface area contributed by atoms with Crippen LogP contribution >= 0.6 is 0 Å². The van der Waals surface area contributed by atoms with Gasteiger partial charge in [-0.25, -0.2) is 13.9 Å². The minimum absolute atomic E-state index is 0.0434. The summed E-state index contributed by atoms with van der Waals surface area (Å²) in [6, 6.07) is 3.42. The predicted molar refractivity (Wildman–Crippen MR) is 113 cm³/mol. The van der Waals surface area contributed by atoms with Gasteiger partial charge in [0.15, 0.2) is 11.6 Å². The number of aryl methyl sites for hydroxylation is 1. The van der Waals surface area contributed by atoms with Crippen LogP contribution in [0, 0.1) is 12.7 Å². The minimum Gasteiger partial charge on any atom is -0.363 e. The van der Waals surface area contributed by atoms with Gasteiger partial charge in [0.25, 0.3) is 5.91 Å². The Kier molecular flexibility index (Phi) is 4.47. The number of fused-ring (bicyclic) bond motifs is 2. The van der Waals surface area contributed by atoms with Gasteiger partial charge in [-0.3, -0.25) is 4.79 Å². The van der Waals surface area contributed by atoms with Crippen LogP contribution in [0.25, 0.3) is 16.8 Å². The molecule has 3 atom stereocenters. The van der Waals surface area contributed by atoms with Gasteiger partial charge in [0.05, 0.1) is 29.0 Å². The summed E-state index contributed by atoms with van der Waals surface area (Å²) in [6.45, 7) is 3.78. The number of hydrogen-bond acceptors (Lipinski definition) is 5. The van der Waals surface area contributed by atoms with Gasteiger partial charge >= 0.3 is 0 Å². The first-order chi connectivity index (χ1) is 14.4. The number of anilines is 1. The molecule has 0 aromatic carbocycles. The van der Waals surface area contributed by atoms with E-state index in [1.807, 2.05) is 25.3 Å². The van der Waals surface area contributed by atoms with E-state index < -0.39 is 11.9 Å². The Labute approximate surface area is 173 Å². The average molecular weight is 408 g/mol. The number of carbonyl (C=O) groups is 1. The Morgan fingerprint density at radius 1 is 1.33 bits per heavy atom. The Morgan fingerprint density at radius 2 is 2.13 bits per heavy atom. The smallest absolute Gasteiger partial charge is 0.254 e. The molecule has 3 unspecified atom stereocenters. The molecule has 156 valence electrons. The van der Waals surface area contributed by atoms with Crippen LogP contribution in [0.5, 0.6) is 0 Å². The molecule has 7 nitrogen and oxygen atoms in total. The maximum Gasteiger partial charge on any atom is 0.254 e. The van der Waals surface area contributed by atoms with Crippen LogP contribution in [0.3, 0.4) is 0 Å². The molecule has 0 saturated heterocycles. The Hall–Kier alpha value is -3.00. The molecule has 4 heterocycles. The standard InChI is InChI=1S/C22H25FN6O/c1-11-7-8-29-16(9-11)13(10-25-29)20-18-17(12(2)26-22(18)30)19(23)21(28-20)27-15-6-4-3-5-14(15)24/h7-10,12,14-15H,3-6,24H2,1-2H3,(H,26,30)(H,27,28). The van der Waals surface area contributed by atoms with Crippen molar-refractivity contribution in [2.45, 2.75) is 57.7 Å². The average Bonchev–Trinajstić information content (AvgIpc) is 3.26. The van der Waals surface area contributed by atoms with Crippen LogP contribution < -0.4 is 16.4 Å². The fourth-order valence-corrected chi connectivity index (χ4v) is 4.63. The van der Waals surface area contributed by atoms with Gasteiger partial charge < -0.3 is 16.4 Å². The van der Waals surface area contributed by atoms with E-state index in [9.17, 15) is 4.79 Å². The molecule has 1 amide bonds. The van der Waals surface area contributed by atoms with E-state index in [4.69, 9.17) is 5.73 Å². The number of pyridine rings is 2. The number of halogens is 1. The van der Waals surface area contributed by atoms with E-state index in [1.165, 1.54) is 0 Å². The molecular weight excluding hydrogens is 383 g/mol. The lowest BCUT2D eigenvalue weighted by Gasteiger charge is -2.30. The molecule has 1 aliphatic carbocycles. The molecule has 0 bridgehead atoms. The number of nitrogens with one attached hydrogen (secondary N) is 2. The first-order valence-electron chi connectivity index (χ1n) is 10.4. The highest BCUT2D eigenvalue weighted by Gasteiger charge is 2.36. The van der Waals surface area contributed by atoms with Gasteiger partial charge in [0.1, 0.15) is 0 Å². The van der Waals surface area contributed by atoms with E-state index in [0.717, 1.165) is 36.8 Å². The van der Waals surface area contributed by atoms with Gasteiger partial charge in [-0.15, -0.1) is 0 Å². The summed E-state index contributed by atoms with van der Waals surface area (Å²) in [5.74, 6) is -0.640. The zero-order chi connectivity index (χ0) is 21.0. The quantitative estimate of drug-likeness (QED) is 0.618. The Bertz CT molecular complexity index is 1160. The molecule has 4 N–H and O–H groups in total. The van der Waals surface area contributed by atoms with Gasteiger partial charge in [0.2, 0.25) is 0 Å². The predicted octanol–water partition coefficient (Wildman–Crippen LogP) is 3.33. The number of hydrogen-bond donors (Lipinski definition) is 3. The SMILES string of the molecule is Cc1ccn2ncc(-c3nc(NC4CCCCC4N)c(F)c4c3C(=O)NC4C)c2c1. The zero-order valence-corrected chi connectivity index (χ0v) is 17.1. The third-order valence-corrected chi connectivity index (χ3v) is 6.26. The third kappa shape index (κ3) is 2.94. The van der Waals surface area contributed by atoms with E-state index in [0.29, 0.717) is 16.8 Å². The summed E-state index contributed by atoms with van der Waals surface area (Å²) in [5.41, 5.74) is 9.94. The van der Waals surface area contributed by atoms with Gasteiger partial charge in [0, 0.05) is 29.4 Å². The Morgan fingerprint density at radius 3 is 2.93 bits per heavy atom. The molecule has 8 heteroatoms. The largest absolute Gasteiger partial charge is 0.363 e. The number of rotatable bonds is 3. The summed E-state index contributed by atoms with van der Waals surface area (Å²) < 4.78 is 17.2. The maximum atomic E-state index is 15.5. The second-order valence-electron chi connectivity index (χ2n) is 8.40. The first kappa shape index (κ1) is 19.0. The maximum absolute atomic E-state index is 15.5. The highest BCUT2D eigenvalue weighted by Crippen LogP contribution is 2.39. The van der Waals surface area contributed by atoms with Gasteiger partial charge in [-0.05, 0) is 44.4 Å². The summed E-state index contributed by atoms with van der Waals surface area (Å²) in [7, 11) is 0. The molecular formula is C22H25FN6O. The topological polar surface area (TPSA) is 97.3 Å². The lowest BCUT2D eigenvalue weighted by molar-refractivity contribution is 0.0959. The summed E-state index contributed by atoms with van der Waals surface area (Å²) in [4.78, 5) is 17.3. The lowest BCUT2D eigenvalue weighted by atomic mass is 9.91. The molecule has 0 radical (unpaired) electrons. The van der Waals surface area contributed by atoms with Crippen molar-refractivity contribution in [2.75, 3.05) is 5.32 Å². The van der Waals surface area contributed by atoms with Gasteiger partial charge in [-0.2, -0.15) is 5.10 Å². The summed E-state index contributed by atoms with van der Waals surface area (Å²) >= 11 is 0. The molecule has 1 aliphatic heterocycles. The first-order valence-corrected chi connectivity index (χ1v) is 10.4. The van der Waals surface area contributed by atoms with Crippen molar-refractivity contribution < 1.29 is 9.18 Å². The zero-order valence-electron chi connectivity index (χ0n) is 17.1. The Balaban J connectivity index is 1.70. The van der Waals surface area contributed by atoms with Crippen molar-refractivity contribution in [1.82, 2.24) is 19.9 Å². The molecule has 5 rings (SSSR count). The molecule has 3 aromatic heterocycles. The van der Waals surface area contributed by atoms with Crippen molar-refractivity contribution >= 4 is 17.2 Å². The van der Waals surface area contributed by atoms with Gasteiger partial charge in [-0.1, -0.05) is 12.8 Å². The molecule has 3 aromatic rings. The number of carbonyl (C=O) groups excluding carboxylic acids is 1. The summed E-state index contributed by atoms with van der Waals surface area (Å²) in [6.07, 6.45) is 7.46. The van der Waals surface area contributed by atoms with E-state index in [1.54, 1.807) is 17.6 Å². The fraction of sp³-hybridized carbons (Fsp3) is 0.409.